The van der Waals surface area contributed by atoms with Gasteiger partial charge in [-0.2, -0.15) is 0 Å². The molecular formula is C14H24N4O. The van der Waals surface area contributed by atoms with Gasteiger partial charge in [-0.3, -0.25) is 4.79 Å². The third kappa shape index (κ3) is 4.35. The first-order valence-corrected chi connectivity index (χ1v) is 7.24. The Morgan fingerprint density at radius 3 is 3.16 bits per heavy atom. The van der Waals surface area contributed by atoms with E-state index in [0.29, 0.717) is 5.92 Å². The van der Waals surface area contributed by atoms with Crippen molar-refractivity contribution in [1.82, 2.24) is 20.2 Å². The molecule has 1 aliphatic rings. The molecule has 0 radical (unpaired) electrons. The molecule has 2 atom stereocenters. The van der Waals surface area contributed by atoms with Crippen molar-refractivity contribution in [2.75, 3.05) is 13.1 Å². The van der Waals surface area contributed by atoms with Crippen LogP contribution in [-0.2, 0) is 11.3 Å². The van der Waals surface area contributed by atoms with Crippen molar-refractivity contribution in [2.45, 2.75) is 45.2 Å². The van der Waals surface area contributed by atoms with E-state index in [9.17, 15) is 4.79 Å². The maximum atomic E-state index is 12.0. The second kappa shape index (κ2) is 7.28. The highest BCUT2D eigenvalue weighted by molar-refractivity contribution is 5.82. The Morgan fingerprint density at radius 2 is 2.42 bits per heavy atom. The van der Waals surface area contributed by atoms with Gasteiger partial charge in [-0.15, -0.1) is 0 Å². The lowest BCUT2D eigenvalue weighted by Gasteiger charge is -2.28. The van der Waals surface area contributed by atoms with Crippen LogP contribution >= 0.6 is 0 Å². The maximum Gasteiger partial charge on any atom is 0.237 e. The van der Waals surface area contributed by atoms with Crippen molar-refractivity contribution >= 4 is 5.91 Å². The molecule has 1 saturated heterocycles. The molecule has 0 spiro atoms. The maximum absolute atomic E-state index is 12.0. The normalized spacial score (nSPS) is 23.2. The third-order valence-corrected chi connectivity index (χ3v) is 3.75. The van der Waals surface area contributed by atoms with E-state index in [4.69, 9.17) is 0 Å². The number of unbranched alkanes of at least 4 members (excludes halogenated alkanes) is 1. The summed E-state index contributed by atoms with van der Waals surface area (Å²) >= 11 is 0. The highest BCUT2D eigenvalue weighted by Gasteiger charge is 2.26. The predicted molar refractivity (Wildman–Crippen MR) is 74.7 cm³/mol. The number of aryl methyl sites for hydroxylation is 1. The number of imidazole rings is 1. The zero-order valence-electron chi connectivity index (χ0n) is 11.6. The quantitative estimate of drug-likeness (QED) is 0.758. The molecule has 0 saturated carbocycles. The van der Waals surface area contributed by atoms with Crippen molar-refractivity contribution < 1.29 is 4.79 Å². The van der Waals surface area contributed by atoms with Crippen molar-refractivity contribution in [3.05, 3.63) is 18.7 Å². The average molecular weight is 264 g/mol. The van der Waals surface area contributed by atoms with Crippen LogP contribution in [0.4, 0.5) is 0 Å². The van der Waals surface area contributed by atoms with Gasteiger partial charge in [-0.1, -0.05) is 6.92 Å². The van der Waals surface area contributed by atoms with Crippen LogP contribution in [0.2, 0.25) is 0 Å². The minimum atomic E-state index is 0.00222. The Balaban J connectivity index is 1.58. The first-order chi connectivity index (χ1) is 9.27. The van der Waals surface area contributed by atoms with Crippen LogP contribution in [0, 0.1) is 5.92 Å². The molecule has 2 N–H and O–H groups in total. The SMILES string of the molecule is CC1CCCNC1C(=O)NCCCCn1ccnc1. The Hall–Kier alpha value is -1.36. The minimum absolute atomic E-state index is 0.00222. The van der Waals surface area contributed by atoms with E-state index in [1.807, 2.05) is 12.5 Å². The van der Waals surface area contributed by atoms with Gasteiger partial charge in [-0.25, -0.2) is 4.98 Å². The fourth-order valence-electron chi connectivity index (χ4n) is 2.56. The number of carbonyl (C=O) groups excluding carboxylic acids is 1. The van der Waals surface area contributed by atoms with Crippen molar-refractivity contribution in [1.29, 1.82) is 0 Å². The lowest BCUT2D eigenvalue weighted by atomic mass is 9.92. The molecule has 19 heavy (non-hydrogen) atoms. The predicted octanol–water partition coefficient (Wildman–Crippen LogP) is 1.17. The average Bonchev–Trinajstić information content (AvgIpc) is 2.92. The lowest BCUT2D eigenvalue weighted by molar-refractivity contribution is -0.124. The number of hydrogen-bond donors (Lipinski definition) is 2. The van der Waals surface area contributed by atoms with Crippen LogP contribution in [0.15, 0.2) is 18.7 Å². The van der Waals surface area contributed by atoms with Crippen LogP contribution in [0.3, 0.4) is 0 Å². The van der Waals surface area contributed by atoms with Gasteiger partial charge in [0.1, 0.15) is 0 Å². The Labute approximate surface area is 114 Å². The molecule has 2 rings (SSSR count). The number of piperidine rings is 1. The standard InChI is InChI=1S/C14H24N4O/c1-12-5-4-7-16-13(12)14(19)17-6-2-3-9-18-10-8-15-11-18/h8,10-13,16H,2-7,9H2,1H3,(H,17,19). The number of nitrogens with zero attached hydrogens (tertiary/aromatic N) is 2. The number of rotatable bonds is 6. The molecule has 2 unspecified atom stereocenters. The van der Waals surface area contributed by atoms with E-state index < -0.39 is 0 Å². The van der Waals surface area contributed by atoms with Gasteiger partial charge in [0.15, 0.2) is 0 Å². The summed E-state index contributed by atoms with van der Waals surface area (Å²) in [5.41, 5.74) is 0. The molecule has 5 heteroatoms. The zero-order chi connectivity index (χ0) is 13.5. The van der Waals surface area contributed by atoms with Crippen molar-refractivity contribution in [2.24, 2.45) is 5.92 Å². The van der Waals surface area contributed by atoms with Crippen molar-refractivity contribution in [3.63, 3.8) is 0 Å². The molecule has 1 aliphatic heterocycles. The molecular weight excluding hydrogens is 240 g/mol. The highest BCUT2D eigenvalue weighted by Crippen LogP contribution is 2.15. The van der Waals surface area contributed by atoms with E-state index in [2.05, 4.69) is 27.1 Å². The summed E-state index contributed by atoms with van der Waals surface area (Å²) < 4.78 is 2.06. The first kappa shape index (κ1) is 14.1. The molecule has 106 valence electrons. The largest absolute Gasteiger partial charge is 0.355 e. The summed E-state index contributed by atoms with van der Waals surface area (Å²) in [6.45, 7) is 4.84. The Morgan fingerprint density at radius 1 is 1.53 bits per heavy atom. The molecule has 0 aliphatic carbocycles. The van der Waals surface area contributed by atoms with Crippen molar-refractivity contribution in [3.8, 4) is 0 Å². The van der Waals surface area contributed by atoms with Gasteiger partial charge in [0.05, 0.1) is 12.4 Å². The van der Waals surface area contributed by atoms with Crippen LogP contribution in [-0.4, -0.2) is 34.6 Å². The molecule has 5 nitrogen and oxygen atoms in total. The minimum Gasteiger partial charge on any atom is -0.355 e. The Kier molecular flexibility index (Phi) is 5.39. The molecule has 1 aromatic heterocycles. The number of nitrogens with one attached hydrogen (secondary N) is 2. The van der Waals surface area contributed by atoms with Gasteiger partial charge in [0.2, 0.25) is 5.91 Å². The van der Waals surface area contributed by atoms with Gasteiger partial charge < -0.3 is 15.2 Å². The lowest BCUT2D eigenvalue weighted by Crippen LogP contribution is -2.51. The van der Waals surface area contributed by atoms with Crippen LogP contribution < -0.4 is 10.6 Å². The number of carbonyl (C=O) groups is 1. The summed E-state index contributed by atoms with van der Waals surface area (Å²) in [6, 6.07) is 0.00222. The van der Waals surface area contributed by atoms with E-state index in [0.717, 1.165) is 38.9 Å². The summed E-state index contributed by atoms with van der Waals surface area (Å²) in [4.78, 5) is 16.0. The second-order valence-electron chi connectivity index (χ2n) is 5.35. The molecule has 1 aromatic rings. The van der Waals surface area contributed by atoms with E-state index in [1.54, 1.807) is 6.20 Å². The summed E-state index contributed by atoms with van der Waals surface area (Å²) in [5.74, 6) is 0.606. The molecule has 1 amide bonds. The number of aromatic nitrogens is 2. The molecule has 0 aromatic carbocycles. The number of amides is 1. The van der Waals surface area contributed by atoms with Gasteiger partial charge in [0.25, 0.3) is 0 Å². The summed E-state index contributed by atoms with van der Waals surface area (Å²) in [6.07, 6.45) is 9.97. The fourth-order valence-corrected chi connectivity index (χ4v) is 2.56. The molecule has 2 heterocycles. The van der Waals surface area contributed by atoms with E-state index in [1.165, 1.54) is 6.42 Å². The monoisotopic (exact) mass is 264 g/mol. The van der Waals surface area contributed by atoms with E-state index in [-0.39, 0.29) is 11.9 Å². The number of hydrogen-bond acceptors (Lipinski definition) is 3. The topological polar surface area (TPSA) is 59.0 Å². The smallest absolute Gasteiger partial charge is 0.237 e. The molecule has 1 fully saturated rings. The summed E-state index contributed by atoms with van der Waals surface area (Å²) in [5, 5.41) is 6.34. The van der Waals surface area contributed by atoms with Crippen LogP contribution in [0.1, 0.15) is 32.6 Å². The van der Waals surface area contributed by atoms with Crippen LogP contribution in [0.5, 0.6) is 0 Å². The molecule has 0 bridgehead atoms. The summed E-state index contributed by atoms with van der Waals surface area (Å²) in [7, 11) is 0. The third-order valence-electron chi connectivity index (χ3n) is 3.75. The highest BCUT2D eigenvalue weighted by atomic mass is 16.2. The van der Waals surface area contributed by atoms with Gasteiger partial charge in [-0.05, 0) is 38.1 Å². The fraction of sp³-hybridized carbons (Fsp3) is 0.714. The van der Waals surface area contributed by atoms with E-state index >= 15 is 0 Å². The first-order valence-electron chi connectivity index (χ1n) is 7.24. The Bertz CT molecular complexity index is 377. The second-order valence-corrected chi connectivity index (χ2v) is 5.35. The van der Waals surface area contributed by atoms with Crippen LogP contribution in [0.25, 0.3) is 0 Å². The van der Waals surface area contributed by atoms with Gasteiger partial charge in [0, 0.05) is 25.5 Å². The van der Waals surface area contributed by atoms with Gasteiger partial charge >= 0.3 is 0 Å². The zero-order valence-corrected chi connectivity index (χ0v) is 11.6.